The first-order valence-electron chi connectivity index (χ1n) is 17.4. The van der Waals surface area contributed by atoms with E-state index in [1.165, 1.54) is 11.6 Å². The van der Waals surface area contributed by atoms with Crippen molar-refractivity contribution in [2.24, 2.45) is 56.7 Å². The van der Waals surface area contributed by atoms with Crippen LogP contribution in [0.3, 0.4) is 0 Å². The summed E-state index contributed by atoms with van der Waals surface area (Å²) in [5.74, 6) is 0.369. The molecule has 0 aromatic heterocycles. The fourth-order valence-corrected chi connectivity index (χ4v) is 12.1. The Balaban J connectivity index is 1.27. The first-order chi connectivity index (χ1) is 21.1. The number of aliphatic carboxylic acids is 1. The van der Waals surface area contributed by atoms with Gasteiger partial charge in [0.25, 0.3) is 0 Å². The Morgan fingerprint density at radius 2 is 1.64 bits per heavy atom. The minimum Gasteiger partial charge on any atom is -0.508 e. The average Bonchev–Trinajstić information content (AvgIpc) is 2.98. The molecule has 1 aromatic carbocycles. The van der Waals surface area contributed by atoms with E-state index < -0.39 is 11.4 Å². The maximum Gasteiger partial charge on any atom is 0.331 e. The first-order valence-corrected chi connectivity index (χ1v) is 17.4. The van der Waals surface area contributed by atoms with Crippen molar-refractivity contribution >= 4 is 18.0 Å². The number of carbonyl (C=O) groups excluding carboxylic acids is 1. The third-order valence-corrected chi connectivity index (χ3v) is 14.9. The summed E-state index contributed by atoms with van der Waals surface area (Å²) < 4.78 is 6.18. The molecule has 0 radical (unpaired) electrons. The van der Waals surface area contributed by atoms with Crippen molar-refractivity contribution < 1.29 is 29.6 Å². The lowest BCUT2D eigenvalue weighted by molar-refractivity contribution is -0.213. The number of phenolic OH excluding ortho intramolecular Hbond substituents is 1. The van der Waals surface area contributed by atoms with Crippen molar-refractivity contribution in [3.63, 3.8) is 0 Å². The van der Waals surface area contributed by atoms with Crippen molar-refractivity contribution in [2.75, 3.05) is 6.61 Å². The molecule has 0 aliphatic heterocycles. The van der Waals surface area contributed by atoms with Gasteiger partial charge in [-0.1, -0.05) is 65.3 Å². The van der Waals surface area contributed by atoms with Crippen LogP contribution in [-0.2, 0) is 14.3 Å². The van der Waals surface area contributed by atoms with Crippen LogP contribution >= 0.6 is 0 Å². The predicted octanol–water partition coefficient (Wildman–Crippen LogP) is 8.03. The van der Waals surface area contributed by atoms with Gasteiger partial charge in [0, 0.05) is 18.1 Å². The predicted molar refractivity (Wildman–Crippen MR) is 175 cm³/mol. The van der Waals surface area contributed by atoms with Crippen LogP contribution in [0.15, 0.2) is 42.0 Å². The number of aromatic hydroxyl groups is 1. The maximum atomic E-state index is 13.0. The zero-order valence-electron chi connectivity index (χ0n) is 28.1. The molecule has 0 spiro atoms. The number of ether oxygens (including phenoxy) is 1. The number of carbonyl (C=O) groups is 2. The van der Waals surface area contributed by atoms with Crippen LogP contribution in [0.25, 0.3) is 6.08 Å². The van der Waals surface area contributed by atoms with Gasteiger partial charge in [0.1, 0.15) is 11.9 Å². The molecule has 0 heterocycles. The Bertz CT molecular complexity index is 1390. The summed E-state index contributed by atoms with van der Waals surface area (Å²) >= 11 is 0. The fraction of sp³-hybridized carbons (Fsp3) is 0.692. The molecule has 45 heavy (non-hydrogen) atoms. The third-order valence-electron chi connectivity index (χ3n) is 14.9. The standard InChI is InChI=1S/C39H54O6/c1-24-26(23-40)15-20-39(34(43)44)22-21-37(5)28(33(24)39)12-13-30-36(4)18-17-31(35(2,3)29(36)16-19-38(30,37)6)45-32(42)14-9-25-7-10-27(41)11-8-25/h7-12,14,24,26,29-31,33,40-41H,13,15-23H2,1-6H3,(H,43,44)/t24-,26-,29-,30-,31+,33-,36-,37+,38+,39-/m0/s1. The van der Waals surface area contributed by atoms with Crippen LogP contribution in [0.2, 0.25) is 0 Å². The number of hydrogen-bond donors (Lipinski definition) is 3. The van der Waals surface area contributed by atoms with Crippen LogP contribution in [0, 0.1) is 56.7 Å². The van der Waals surface area contributed by atoms with E-state index in [0.717, 1.165) is 50.5 Å². The molecule has 6 heteroatoms. The molecule has 0 bridgehead atoms. The fourth-order valence-electron chi connectivity index (χ4n) is 12.1. The third kappa shape index (κ3) is 4.66. The number of benzene rings is 1. The number of esters is 1. The van der Waals surface area contributed by atoms with Gasteiger partial charge in [-0.15, -0.1) is 0 Å². The number of fused-ring (bicyclic) bond motifs is 7. The highest BCUT2D eigenvalue weighted by atomic mass is 16.5. The van der Waals surface area contributed by atoms with Crippen molar-refractivity contribution in [2.45, 2.75) is 105 Å². The summed E-state index contributed by atoms with van der Waals surface area (Å²) in [6, 6.07) is 6.75. The Labute approximate surface area is 269 Å². The van der Waals surface area contributed by atoms with E-state index in [9.17, 15) is 24.9 Å². The monoisotopic (exact) mass is 618 g/mol. The van der Waals surface area contributed by atoms with Crippen molar-refractivity contribution in [3.05, 3.63) is 47.6 Å². The highest BCUT2D eigenvalue weighted by Gasteiger charge is 2.69. The Hall–Kier alpha value is -2.60. The summed E-state index contributed by atoms with van der Waals surface area (Å²) in [6.07, 6.45) is 13.6. The van der Waals surface area contributed by atoms with Gasteiger partial charge in [-0.2, -0.15) is 0 Å². The number of rotatable bonds is 5. The zero-order valence-corrected chi connectivity index (χ0v) is 28.1. The summed E-state index contributed by atoms with van der Waals surface area (Å²) in [4.78, 5) is 26.0. The lowest BCUT2D eigenvalue weighted by Crippen LogP contribution is -2.65. The van der Waals surface area contributed by atoms with Crippen molar-refractivity contribution in [1.29, 1.82) is 0 Å². The Kier molecular flexibility index (Phi) is 7.90. The second-order valence-electron chi connectivity index (χ2n) is 16.8. The van der Waals surface area contributed by atoms with Gasteiger partial charge in [-0.3, -0.25) is 4.79 Å². The lowest BCUT2D eigenvalue weighted by atomic mass is 9.33. The number of hydrogen-bond acceptors (Lipinski definition) is 5. The van der Waals surface area contributed by atoms with E-state index in [2.05, 4.69) is 47.6 Å². The second kappa shape index (κ2) is 11.0. The number of aliphatic hydroxyl groups excluding tert-OH is 1. The Morgan fingerprint density at radius 1 is 0.933 bits per heavy atom. The van der Waals surface area contributed by atoms with Gasteiger partial charge in [0.2, 0.25) is 0 Å². The average molecular weight is 619 g/mol. The molecule has 1 aromatic rings. The molecule has 4 saturated carbocycles. The molecule has 6 rings (SSSR count). The number of aliphatic hydroxyl groups is 1. The van der Waals surface area contributed by atoms with Gasteiger partial charge in [-0.05, 0) is 127 Å². The second-order valence-corrected chi connectivity index (χ2v) is 16.8. The quantitative estimate of drug-likeness (QED) is 0.175. The minimum absolute atomic E-state index is 0.0239. The van der Waals surface area contributed by atoms with Crippen molar-refractivity contribution in [3.8, 4) is 5.75 Å². The number of allylic oxidation sites excluding steroid dienone is 2. The normalized spacial score (nSPS) is 43.7. The van der Waals surface area contributed by atoms with Gasteiger partial charge in [0.05, 0.1) is 5.41 Å². The van der Waals surface area contributed by atoms with E-state index in [-0.39, 0.29) is 63.8 Å². The number of carboxylic acid groups (broad SMARTS) is 1. The smallest absolute Gasteiger partial charge is 0.331 e. The highest BCUT2D eigenvalue weighted by Crippen LogP contribution is 2.75. The van der Waals surface area contributed by atoms with Gasteiger partial charge < -0.3 is 20.1 Å². The number of phenols is 1. The van der Waals surface area contributed by atoms with Crippen LogP contribution in [0.4, 0.5) is 0 Å². The molecule has 0 saturated heterocycles. The number of carboxylic acids is 1. The molecule has 0 unspecified atom stereocenters. The molecule has 4 fully saturated rings. The molecule has 10 atom stereocenters. The van der Waals surface area contributed by atoms with Crippen LogP contribution in [0.5, 0.6) is 5.75 Å². The maximum absolute atomic E-state index is 13.0. The molecule has 5 aliphatic carbocycles. The van der Waals surface area contributed by atoms with E-state index in [1.807, 2.05) is 0 Å². The molecule has 5 aliphatic rings. The Morgan fingerprint density at radius 3 is 2.31 bits per heavy atom. The molecule has 0 amide bonds. The molecular weight excluding hydrogens is 564 g/mol. The van der Waals surface area contributed by atoms with Crippen LogP contribution in [0.1, 0.15) is 105 Å². The highest BCUT2D eigenvalue weighted by molar-refractivity contribution is 5.87. The van der Waals surface area contributed by atoms with Gasteiger partial charge in [0.15, 0.2) is 0 Å². The van der Waals surface area contributed by atoms with Crippen LogP contribution < -0.4 is 0 Å². The molecule has 3 N–H and O–H groups in total. The van der Waals surface area contributed by atoms with E-state index in [0.29, 0.717) is 24.7 Å². The summed E-state index contributed by atoms with van der Waals surface area (Å²) in [5, 5.41) is 30.5. The summed E-state index contributed by atoms with van der Waals surface area (Å²) in [6.45, 7) is 14.4. The topological polar surface area (TPSA) is 104 Å². The SMILES string of the molecule is C[C@H]1[C@H](CO)CC[C@]2(C(=O)O)CC[C@]3(C)C(=CC[C@H]4[C@@]5(C)CC[C@@H](OC(=O)C=Cc6ccc(O)cc6)C(C)(C)[C@@H]5CC[C@]43C)[C@H]12. The van der Waals surface area contributed by atoms with E-state index >= 15 is 0 Å². The van der Waals surface area contributed by atoms with E-state index in [4.69, 9.17) is 4.74 Å². The summed E-state index contributed by atoms with van der Waals surface area (Å²) in [7, 11) is 0. The summed E-state index contributed by atoms with van der Waals surface area (Å²) in [5.41, 5.74) is 1.36. The van der Waals surface area contributed by atoms with Gasteiger partial charge in [-0.25, -0.2) is 4.79 Å². The van der Waals surface area contributed by atoms with Crippen molar-refractivity contribution in [1.82, 2.24) is 0 Å². The molecular formula is C39H54O6. The van der Waals surface area contributed by atoms with Crippen LogP contribution in [-0.4, -0.2) is 40.0 Å². The minimum atomic E-state index is -0.721. The molecule has 6 nitrogen and oxygen atoms in total. The lowest BCUT2D eigenvalue weighted by Gasteiger charge is -2.71. The largest absolute Gasteiger partial charge is 0.508 e. The van der Waals surface area contributed by atoms with E-state index in [1.54, 1.807) is 30.3 Å². The molecule has 246 valence electrons. The van der Waals surface area contributed by atoms with Gasteiger partial charge >= 0.3 is 11.9 Å². The first kappa shape index (κ1) is 32.3. The zero-order chi connectivity index (χ0) is 32.6.